The number of primary amides is 1. The van der Waals surface area contributed by atoms with E-state index in [1.54, 1.807) is 48.5 Å². The predicted octanol–water partition coefficient (Wildman–Crippen LogP) is 1.75. The van der Waals surface area contributed by atoms with E-state index in [9.17, 15) is 9.59 Å². The molecule has 0 unspecified atom stereocenters. The number of benzene rings is 2. The van der Waals surface area contributed by atoms with E-state index in [-0.39, 0.29) is 22.7 Å². The van der Waals surface area contributed by atoms with Gasteiger partial charge >= 0.3 is 5.69 Å². The SMILES string of the molecule is N#Cc1cccc(-c2nc(C(N)=O)c3[nH]c(=O)n(-c4ccccc4)c3n2)c1. The summed E-state index contributed by atoms with van der Waals surface area (Å²) in [6.45, 7) is 0. The Labute approximate surface area is 152 Å². The lowest BCUT2D eigenvalue weighted by molar-refractivity contribution is 0.0997. The van der Waals surface area contributed by atoms with Crippen molar-refractivity contribution in [1.29, 1.82) is 5.26 Å². The summed E-state index contributed by atoms with van der Waals surface area (Å²) >= 11 is 0. The van der Waals surface area contributed by atoms with Crippen LogP contribution in [0.4, 0.5) is 0 Å². The van der Waals surface area contributed by atoms with Crippen molar-refractivity contribution in [2.24, 2.45) is 5.73 Å². The zero-order valence-corrected chi connectivity index (χ0v) is 13.9. The Morgan fingerprint density at radius 3 is 2.59 bits per heavy atom. The average molecular weight is 356 g/mol. The Morgan fingerprint density at radius 1 is 1.11 bits per heavy atom. The lowest BCUT2D eigenvalue weighted by Gasteiger charge is -2.06. The number of rotatable bonds is 3. The summed E-state index contributed by atoms with van der Waals surface area (Å²) in [6, 6.07) is 17.6. The minimum absolute atomic E-state index is 0.0934. The molecule has 0 saturated carbocycles. The van der Waals surface area contributed by atoms with Crippen LogP contribution in [0.2, 0.25) is 0 Å². The van der Waals surface area contributed by atoms with Gasteiger partial charge in [-0.2, -0.15) is 5.26 Å². The van der Waals surface area contributed by atoms with Gasteiger partial charge < -0.3 is 10.7 Å². The van der Waals surface area contributed by atoms with E-state index < -0.39 is 11.6 Å². The van der Waals surface area contributed by atoms with Gasteiger partial charge in [-0.1, -0.05) is 30.3 Å². The highest BCUT2D eigenvalue weighted by molar-refractivity contribution is 6.02. The number of nitrogens with two attached hydrogens (primary N) is 1. The summed E-state index contributed by atoms with van der Waals surface area (Å²) in [4.78, 5) is 35.7. The van der Waals surface area contributed by atoms with Crippen molar-refractivity contribution < 1.29 is 4.79 Å². The highest BCUT2D eigenvalue weighted by Crippen LogP contribution is 2.22. The number of hydrogen-bond acceptors (Lipinski definition) is 5. The van der Waals surface area contributed by atoms with Gasteiger partial charge in [0.15, 0.2) is 17.2 Å². The lowest BCUT2D eigenvalue weighted by atomic mass is 10.1. The second-order valence-electron chi connectivity index (χ2n) is 5.75. The molecular weight excluding hydrogens is 344 g/mol. The molecular formula is C19H12N6O2. The predicted molar refractivity (Wildman–Crippen MR) is 98.2 cm³/mol. The van der Waals surface area contributed by atoms with E-state index in [4.69, 9.17) is 11.0 Å². The second kappa shape index (κ2) is 6.24. The van der Waals surface area contributed by atoms with Crippen molar-refractivity contribution in [3.8, 4) is 23.1 Å². The smallest absolute Gasteiger partial charge is 0.332 e. The second-order valence-corrected chi connectivity index (χ2v) is 5.75. The van der Waals surface area contributed by atoms with Crippen LogP contribution in [0.15, 0.2) is 59.4 Å². The zero-order chi connectivity index (χ0) is 19.0. The number of fused-ring (bicyclic) bond motifs is 1. The first-order chi connectivity index (χ1) is 13.1. The van der Waals surface area contributed by atoms with E-state index in [1.807, 2.05) is 12.1 Å². The fourth-order valence-corrected chi connectivity index (χ4v) is 2.84. The van der Waals surface area contributed by atoms with Gasteiger partial charge in [-0.05, 0) is 24.3 Å². The maximum Gasteiger partial charge on any atom is 0.332 e. The normalized spacial score (nSPS) is 10.6. The maximum absolute atomic E-state index is 12.5. The van der Waals surface area contributed by atoms with Crippen LogP contribution >= 0.6 is 0 Å². The first-order valence-electron chi connectivity index (χ1n) is 7.97. The number of aromatic nitrogens is 4. The maximum atomic E-state index is 12.5. The first-order valence-corrected chi connectivity index (χ1v) is 7.97. The molecule has 8 heteroatoms. The molecule has 4 rings (SSSR count). The molecule has 8 nitrogen and oxygen atoms in total. The molecule has 0 radical (unpaired) electrons. The summed E-state index contributed by atoms with van der Waals surface area (Å²) in [6.07, 6.45) is 0. The zero-order valence-electron chi connectivity index (χ0n) is 13.9. The molecule has 0 bridgehead atoms. The van der Waals surface area contributed by atoms with Crippen LogP contribution in [-0.4, -0.2) is 25.4 Å². The number of nitriles is 1. The Kier molecular flexibility index (Phi) is 3.75. The summed E-state index contributed by atoms with van der Waals surface area (Å²) in [5, 5.41) is 9.10. The molecule has 0 aliphatic rings. The van der Waals surface area contributed by atoms with Crippen molar-refractivity contribution in [3.05, 3.63) is 76.3 Å². The van der Waals surface area contributed by atoms with Gasteiger partial charge in [-0.25, -0.2) is 19.3 Å². The highest BCUT2D eigenvalue weighted by Gasteiger charge is 2.20. The van der Waals surface area contributed by atoms with Crippen LogP contribution < -0.4 is 11.4 Å². The third-order valence-electron chi connectivity index (χ3n) is 4.03. The van der Waals surface area contributed by atoms with E-state index in [1.165, 1.54) is 4.57 Å². The van der Waals surface area contributed by atoms with Gasteiger partial charge in [0.05, 0.1) is 17.3 Å². The Balaban J connectivity index is 2.07. The molecule has 0 atom stereocenters. The number of amides is 1. The van der Waals surface area contributed by atoms with Gasteiger partial charge in [0.25, 0.3) is 5.91 Å². The number of imidazole rings is 1. The van der Waals surface area contributed by atoms with E-state index in [2.05, 4.69) is 15.0 Å². The fourth-order valence-electron chi connectivity index (χ4n) is 2.84. The van der Waals surface area contributed by atoms with Crippen LogP contribution in [0.25, 0.3) is 28.2 Å². The van der Waals surface area contributed by atoms with Crippen LogP contribution in [0.5, 0.6) is 0 Å². The van der Waals surface area contributed by atoms with E-state index in [0.29, 0.717) is 16.8 Å². The molecule has 1 amide bonds. The molecule has 0 aliphatic heterocycles. The molecule has 0 aliphatic carbocycles. The fraction of sp³-hybridized carbons (Fsp3) is 0. The molecule has 0 spiro atoms. The number of para-hydroxylation sites is 1. The average Bonchev–Trinajstić information content (AvgIpc) is 3.03. The van der Waals surface area contributed by atoms with Gasteiger partial charge in [0, 0.05) is 5.56 Å². The van der Waals surface area contributed by atoms with Crippen molar-refractivity contribution in [3.63, 3.8) is 0 Å². The third kappa shape index (κ3) is 2.73. The molecule has 2 aromatic carbocycles. The van der Waals surface area contributed by atoms with Crippen molar-refractivity contribution in [1.82, 2.24) is 19.5 Å². The summed E-state index contributed by atoms with van der Waals surface area (Å²) in [5.41, 5.74) is 6.84. The Morgan fingerprint density at radius 2 is 1.89 bits per heavy atom. The van der Waals surface area contributed by atoms with Crippen molar-refractivity contribution >= 4 is 17.1 Å². The summed E-state index contributed by atoms with van der Waals surface area (Å²) in [7, 11) is 0. The van der Waals surface area contributed by atoms with Crippen molar-refractivity contribution in [2.75, 3.05) is 0 Å². The van der Waals surface area contributed by atoms with Crippen molar-refractivity contribution in [2.45, 2.75) is 0 Å². The highest BCUT2D eigenvalue weighted by atomic mass is 16.2. The molecule has 0 saturated heterocycles. The van der Waals surface area contributed by atoms with Gasteiger partial charge in [-0.15, -0.1) is 0 Å². The number of carbonyl (C=O) groups excluding carboxylic acids is 1. The largest absolute Gasteiger partial charge is 0.364 e. The molecule has 0 fully saturated rings. The minimum Gasteiger partial charge on any atom is -0.364 e. The topological polar surface area (TPSA) is 130 Å². The Bertz CT molecular complexity index is 1280. The quantitative estimate of drug-likeness (QED) is 0.577. The van der Waals surface area contributed by atoms with Gasteiger partial charge in [0.2, 0.25) is 0 Å². The lowest BCUT2D eigenvalue weighted by Crippen LogP contribution is -2.15. The molecule has 3 N–H and O–H groups in total. The first kappa shape index (κ1) is 16.2. The minimum atomic E-state index is -0.790. The van der Waals surface area contributed by atoms with Crippen LogP contribution in [-0.2, 0) is 0 Å². The number of nitrogens with one attached hydrogen (secondary N) is 1. The molecule has 2 aromatic heterocycles. The summed E-state index contributed by atoms with van der Waals surface area (Å²) in [5.74, 6) is -0.598. The molecule has 130 valence electrons. The van der Waals surface area contributed by atoms with Gasteiger partial charge in [0.1, 0.15) is 5.52 Å². The number of carbonyl (C=O) groups is 1. The summed E-state index contributed by atoms with van der Waals surface area (Å²) < 4.78 is 1.35. The van der Waals surface area contributed by atoms with Crippen LogP contribution in [0.1, 0.15) is 16.1 Å². The van der Waals surface area contributed by atoms with Gasteiger partial charge in [-0.3, -0.25) is 4.79 Å². The van der Waals surface area contributed by atoms with E-state index >= 15 is 0 Å². The molecule has 27 heavy (non-hydrogen) atoms. The monoisotopic (exact) mass is 356 g/mol. The third-order valence-corrected chi connectivity index (χ3v) is 4.03. The molecule has 2 heterocycles. The number of aromatic amines is 1. The standard InChI is InChI=1S/C19H12N6O2/c20-10-11-5-4-6-12(9-11)17-22-14(16(21)26)15-18(24-17)25(19(27)23-15)13-7-2-1-3-8-13/h1-9H,(H2,21,26)(H,23,27). The van der Waals surface area contributed by atoms with E-state index in [0.717, 1.165) is 0 Å². The van der Waals surface area contributed by atoms with Crippen LogP contribution in [0, 0.1) is 11.3 Å². The number of nitrogens with zero attached hydrogens (tertiary/aromatic N) is 4. The molecule has 4 aromatic rings. The number of H-pyrrole nitrogens is 1. The van der Waals surface area contributed by atoms with Crippen LogP contribution in [0.3, 0.4) is 0 Å². The number of hydrogen-bond donors (Lipinski definition) is 2. The Hall–Kier alpha value is -4.25.